The number of benzene rings is 2. The molecule has 110 valence electrons. The molecule has 0 saturated heterocycles. The van der Waals surface area contributed by atoms with Gasteiger partial charge in [-0.1, -0.05) is 41.4 Å². The minimum atomic E-state index is 0.191. The van der Waals surface area contributed by atoms with Crippen LogP contribution >= 0.6 is 15.9 Å². The smallest absolute Gasteiger partial charge is 0.254 e. The number of halogens is 1. The van der Waals surface area contributed by atoms with Gasteiger partial charge in [0.2, 0.25) is 0 Å². The highest BCUT2D eigenvalue weighted by molar-refractivity contribution is 9.10. The monoisotopic (exact) mass is 345 g/mol. The van der Waals surface area contributed by atoms with Gasteiger partial charge in [-0.25, -0.2) is 0 Å². The number of hydrogen-bond donors (Lipinski definition) is 0. The molecule has 2 nitrogen and oxygen atoms in total. The highest BCUT2D eigenvalue weighted by Gasteiger charge is 2.32. The van der Waals surface area contributed by atoms with Crippen molar-refractivity contribution in [3.63, 3.8) is 0 Å². The first-order chi connectivity index (χ1) is 10.2. The van der Waals surface area contributed by atoms with Crippen LogP contribution < -0.4 is 0 Å². The van der Waals surface area contributed by atoms with Gasteiger partial charge in [0.15, 0.2) is 0 Å². The van der Waals surface area contributed by atoms with E-state index >= 15 is 0 Å². The van der Waals surface area contributed by atoms with E-state index in [0.717, 1.165) is 53.0 Å². The summed E-state index contributed by atoms with van der Waals surface area (Å²) in [6.45, 7) is 3.06. The summed E-state index contributed by atoms with van der Waals surface area (Å²) in [4.78, 5) is 14.8. The summed E-state index contributed by atoms with van der Waals surface area (Å²) in [5.41, 5.74) is 0.813. The fraction of sp³-hybridized carbons (Fsp3) is 0.389. The fourth-order valence-corrected chi connectivity index (χ4v) is 3.06. The van der Waals surface area contributed by atoms with Gasteiger partial charge in [0.25, 0.3) is 5.91 Å². The summed E-state index contributed by atoms with van der Waals surface area (Å²) in [5, 5.41) is 2.28. The third-order valence-corrected chi connectivity index (χ3v) is 4.54. The lowest BCUT2D eigenvalue weighted by molar-refractivity contribution is 0.0741. The van der Waals surface area contributed by atoms with Gasteiger partial charge in [0.05, 0.1) is 0 Å². The van der Waals surface area contributed by atoms with Crippen molar-refractivity contribution in [1.82, 2.24) is 4.90 Å². The lowest BCUT2D eigenvalue weighted by Gasteiger charge is -2.22. The zero-order valence-corrected chi connectivity index (χ0v) is 13.9. The molecule has 0 unspecified atom stereocenters. The molecule has 21 heavy (non-hydrogen) atoms. The molecule has 0 aliphatic heterocycles. The van der Waals surface area contributed by atoms with E-state index < -0.39 is 0 Å². The fourth-order valence-electron chi connectivity index (χ4n) is 2.68. The average Bonchev–Trinajstić information content (AvgIpc) is 3.31. The minimum Gasteiger partial charge on any atom is -0.336 e. The summed E-state index contributed by atoms with van der Waals surface area (Å²) in [6, 6.07) is 12.7. The lowest BCUT2D eigenvalue weighted by Crippen LogP contribution is -2.33. The Morgan fingerprint density at radius 3 is 2.62 bits per heavy atom. The molecule has 2 aromatic carbocycles. The number of carbonyl (C=O) groups is 1. The van der Waals surface area contributed by atoms with Crippen molar-refractivity contribution in [3.05, 3.63) is 46.4 Å². The van der Waals surface area contributed by atoms with Crippen LogP contribution in [0, 0.1) is 0 Å². The summed E-state index contributed by atoms with van der Waals surface area (Å²) >= 11 is 3.48. The van der Waals surface area contributed by atoms with Crippen LogP contribution in [-0.2, 0) is 0 Å². The molecule has 0 radical (unpaired) electrons. The van der Waals surface area contributed by atoms with Crippen LogP contribution in [0.3, 0.4) is 0 Å². The van der Waals surface area contributed by atoms with Gasteiger partial charge in [-0.15, -0.1) is 0 Å². The first kappa shape index (κ1) is 14.6. The van der Waals surface area contributed by atoms with Gasteiger partial charge in [-0.3, -0.25) is 4.79 Å². The summed E-state index contributed by atoms with van der Waals surface area (Å²) in [7, 11) is 0. The Morgan fingerprint density at radius 1 is 1.19 bits per heavy atom. The van der Waals surface area contributed by atoms with E-state index in [0.29, 0.717) is 6.04 Å². The molecule has 0 atom stereocenters. The van der Waals surface area contributed by atoms with Crippen molar-refractivity contribution in [2.75, 3.05) is 6.54 Å². The molecule has 0 N–H and O–H groups in total. The van der Waals surface area contributed by atoms with E-state index in [4.69, 9.17) is 0 Å². The normalized spacial score (nSPS) is 14.4. The molecule has 0 spiro atoms. The Hall–Kier alpha value is -1.35. The van der Waals surface area contributed by atoms with Gasteiger partial charge in [0, 0.05) is 22.6 Å². The Labute approximate surface area is 134 Å². The Balaban J connectivity index is 1.87. The van der Waals surface area contributed by atoms with Crippen LogP contribution in [0.1, 0.15) is 43.0 Å². The highest BCUT2D eigenvalue weighted by atomic mass is 79.9. The van der Waals surface area contributed by atoms with Crippen LogP contribution in [0.5, 0.6) is 0 Å². The van der Waals surface area contributed by atoms with Gasteiger partial charge in [0.1, 0.15) is 0 Å². The summed E-state index contributed by atoms with van der Waals surface area (Å²) < 4.78 is 1.07. The average molecular weight is 346 g/mol. The van der Waals surface area contributed by atoms with Gasteiger partial charge >= 0.3 is 0 Å². The SMILES string of the molecule is CCCCN(C(=O)c1ccc2cc(Br)ccc2c1)C1CC1. The van der Waals surface area contributed by atoms with Crippen LogP contribution in [0.2, 0.25) is 0 Å². The topological polar surface area (TPSA) is 20.3 Å². The predicted molar refractivity (Wildman–Crippen MR) is 90.6 cm³/mol. The third-order valence-electron chi connectivity index (χ3n) is 4.05. The number of unbranched alkanes of at least 4 members (excludes halogenated alkanes) is 1. The van der Waals surface area contributed by atoms with E-state index in [1.54, 1.807) is 0 Å². The highest BCUT2D eigenvalue weighted by Crippen LogP contribution is 2.29. The predicted octanol–water partition coefficient (Wildman–Crippen LogP) is 5.01. The van der Waals surface area contributed by atoms with Gasteiger partial charge in [-0.2, -0.15) is 0 Å². The largest absolute Gasteiger partial charge is 0.336 e. The molecule has 1 amide bonds. The lowest BCUT2D eigenvalue weighted by atomic mass is 10.1. The number of amides is 1. The van der Waals surface area contributed by atoms with Crippen LogP contribution in [-0.4, -0.2) is 23.4 Å². The number of rotatable bonds is 5. The first-order valence-electron chi connectivity index (χ1n) is 7.69. The first-order valence-corrected chi connectivity index (χ1v) is 8.48. The molecule has 1 fully saturated rings. The van der Waals surface area contributed by atoms with Gasteiger partial charge < -0.3 is 4.90 Å². The van der Waals surface area contributed by atoms with Crippen molar-refractivity contribution in [1.29, 1.82) is 0 Å². The van der Waals surface area contributed by atoms with Crippen molar-refractivity contribution >= 4 is 32.6 Å². The van der Waals surface area contributed by atoms with Gasteiger partial charge in [-0.05, 0) is 54.3 Å². The van der Waals surface area contributed by atoms with Crippen molar-refractivity contribution in [2.24, 2.45) is 0 Å². The molecule has 3 rings (SSSR count). The third kappa shape index (κ3) is 3.29. The second kappa shape index (κ2) is 6.18. The van der Waals surface area contributed by atoms with E-state index in [1.165, 1.54) is 0 Å². The van der Waals surface area contributed by atoms with E-state index in [1.807, 2.05) is 24.3 Å². The summed E-state index contributed by atoms with van der Waals surface area (Å²) in [6.07, 6.45) is 4.54. The maximum absolute atomic E-state index is 12.8. The second-order valence-corrected chi connectivity index (χ2v) is 6.71. The van der Waals surface area contributed by atoms with Crippen LogP contribution in [0.15, 0.2) is 40.9 Å². The molecule has 2 aromatic rings. The van der Waals surface area contributed by atoms with Crippen molar-refractivity contribution in [2.45, 2.75) is 38.6 Å². The maximum Gasteiger partial charge on any atom is 0.254 e. The molecular formula is C18H20BrNO. The zero-order valence-electron chi connectivity index (χ0n) is 12.3. The molecular weight excluding hydrogens is 326 g/mol. The standard InChI is InChI=1S/C18H20BrNO/c1-2-3-10-20(17-8-9-17)18(21)15-5-4-14-12-16(19)7-6-13(14)11-15/h4-7,11-12,17H,2-3,8-10H2,1H3. The Morgan fingerprint density at radius 2 is 1.90 bits per heavy atom. The maximum atomic E-state index is 12.8. The molecule has 0 aromatic heterocycles. The summed E-state index contributed by atoms with van der Waals surface area (Å²) in [5.74, 6) is 0.191. The molecule has 0 heterocycles. The van der Waals surface area contributed by atoms with Crippen molar-refractivity contribution in [3.8, 4) is 0 Å². The zero-order chi connectivity index (χ0) is 14.8. The van der Waals surface area contributed by atoms with E-state index in [9.17, 15) is 4.79 Å². The Bertz CT molecular complexity index is 663. The Kier molecular flexibility index (Phi) is 4.29. The molecule has 1 saturated carbocycles. The van der Waals surface area contributed by atoms with Crippen LogP contribution in [0.25, 0.3) is 10.8 Å². The van der Waals surface area contributed by atoms with E-state index in [2.05, 4.69) is 39.9 Å². The quantitative estimate of drug-likeness (QED) is 0.745. The molecule has 1 aliphatic rings. The number of carbonyl (C=O) groups excluding carboxylic acids is 1. The molecule has 1 aliphatic carbocycles. The molecule has 0 bridgehead atoms. The number of nitrogens with zero attached hydrogens (tertiary/aromatic N) is 1. The van der Waals surface area contributed by atoms with Crippen LogP contribution in [0.4, 0.5) is 0 Å². The second-order valence-electron chi connectivity index (χ2n) is 5.79. The number of fused-ring (bicyclic) bond motifs is 1. The van der Waals surface area contributed by atoms with E-state index in [-0.39, 0.29) is 5.91 Å². The minimum absolute atomic E-state index is 0.191. The number of hydrogen-bond acceptors (Lipinski definition) is 1. The molecule has 3 heteroatoms. The van der Waals surface area contributed by atoms with Crippen molar-refractivity contribution < 1.29 is 4.79 Å².